The van der Waals surface area contributed by atoms with Crippen molar-refractivity contribution in [3.63, 3.8) is 0 Å². The Morgan fingerprint density at radius 3 is 2.61 bits per heavy atom. The van der Waals surface area contributed by atoms with Gasteiger partial charge in [-0.25, -0.2) is 4.39 Å². The van der Waals surface area contributed by atoms with Gasteiger partial charge < -0.3 is 14.2 Å². The number of hydrogen-bond donors (Lipinski definition) is 1. The summed E-state index contributed by atoms with van der Waals surface area (Å²) in [7, 11) is 0. The second-order valence-corrected chi connectivity index (χ2v) is 5.13. The van der Waals surface area contributed by atoms with Crippen LogP contribution in [-0.4, -0.2) is 5.91 Å². The number of amides is 1. The summed E-state index contributed by atoms with van der Waals surface area (Å²) >= 11 is 0. The van der Waals surface area contributed by atoms with E-state index in [-0.39, 0.29) is 11.7 Å². The van der Waals surface area contributed by atoms with Crippen molar-refractivity contribution in [3.8, 4) is 11.3 Å². The minimum atomic E-state index is -0.288. The molecule has 0 unspecified atom stereocenters. The average Bonchev–Trinajstić information content (AvgIpc) is 3.23. The fraction of sp³-hybridized carbons (Fsp3) is 0.167. The van der Waals surface area contributed by atoms with Gasteiger partial charge in [0.05, 0.1) is 12.8 Å². The molecule has 3 aromatic rings. The molecule has 4 nitrogen and oxygen atoms in total. The van der Waals surface area contributed by atoms with Gasteiger partial charge in [-0.3, -0.25) is 4.79 Å². The zero-order chi connectivity index (χ0) is 16.1. The van der Waals surface area contributed by atoms with Gasteiger partial charge in [0.2, 0.25) is 5.91 Å². The van der Waals surface area contributed by atoms with E-state index in [4.69, 9.17) is 8.83 Å². The van der Waals surface area contributed by atoms with Crippen molar-refractivity contribution in [1.29, 1.82) is 0 Å². The topological polar surface area (TPSA) is 55.4 Å². The number of carbonyl (C=O) groups excluding carboxylic acids is 1. The van der Waals surface area contributed by atoms with Gasteiger partial charge in [0.1, 0.15) is 23.1 Å². The van der Waals surface area contributed by atoms with Gasteiger partial charge >= 0.3 is 0 Å². The van der Waals surface area contributed by atoms with Crippen molar-refractivity contribution < 1.29 is 18.0 Å². The lowest BCUT2D eigenvalue weighted by molar-refractivity contribution is -0.121. The molecule has 0 fully saturated rings. The third kappa shape index (κ3) is 4.10. The van der Waals surface area contributed by atoms with E-state index in [0.717, 1.165) is 11.3 Å². The lowest BCUT2D eigenvalue weighted by Gasteiger charge is -2.02. The molecule has 1 amide bonds. The standard InChI is InChI=1S/C18H16FNO3/c19-14-5-3-13(4-6-14)17-9-7-16(23-17)12-20-18(21)10-8-15-2-1-11-22-15/h1-7,9,11H,8,10,12H2,(H,20,21). The molecule has 0 saturated heterocycles. The minimum absolute atomic E-state index is 0.0684. The molecule has 0 atom stereocenters. The SMILES string of the molecule is O=C(CCc1ccco1)NCc1ccc(-c2ccc(F)cc2)o1. The highest BCUT2D eigenvalue weighted by Crippen LogP contribution is 2.22. The summed E-state index contributed by atoms with van der Waals surface area (Å²) in [5, 5.41) is 2.80. The quantitative estimate of drug-likeness (QED) is 0.750. The molecule has 1 N–H and O–H groups in total. The van der Waals surface area contributed by atoms with Crippen LogP contribution >= 0.6 is 0 Å². The molecule has 2 aromatic heterocycles. The zero-order valence-electron chi connectivity index (χ0n) is 12.4. The fourth-order valence-corrected chi connectivity index (χ4v) is 2.21. The van der Waals surface area contributed by atoms with Crippen LogP contribution in [-0.2, 0) is 17.8 Å². The summed E-state index contributed by atoms with van der Waals surface area (Å²) in [6.45, 7) is 0.318. The summed E-state index contributed by atoms with van der Waals surface area (Å²) < 4.78 is 23.7. The van der Waals surface area contributed by atoms with Crippen LogP contribution in [0.15, 0.2) is 63.6 Å². The van der Waals surface area contributed by atoms with Gasteiger partial charge in [-0.1, -0.05) is 0 Å². The Hall–Kier alpha value is -2.82. The number of halogens is 1. The van der Waals surface area contributed by atoms with Crippen molar-refractivity contribution in [2.24, 2.45) is 0 Å². The summed E-state index contributed by atoms with van der Waals surface area (Å²) in [5.74, 6) is 1.72. The molecule has 3 rings (SSSR count). The third-order valence-electron chi connectivity index (χ3n) is 3.43. The van der Waals surface area contributed by atoms with Gasteiger partial charge in [-0.05, 0) is 48.5 Å². The number of aryl methyl sites for hydroxylation is 1. The molecule has 23 heavy (non-hydrogen) atoms. The van der Waals surface area contributed by atoms with Crippen LogP contribution in [0.25, 0.3) is 11.3 Å². The normalized spacial score (nSPS) is 10.7. The summed E-state index contributed by atoms with van der Waals surface area (Å²) in [4.78, 5) is 11.8. The molecule has 5 heteroatoms. The maximum Gasteiger partial charge on any atom is 0.220 e. The highest BCUT2D eigenvalue weighted by atomic mass is 19.1. The fourth-order valence-electron chi connectivity index (χ4n) is 2.21. The van der Waals surface area contributed by atoms with Crippen molar-refractivity contribution in [2.75, 3.05) is 0 Å². The molecule has 2 heterocycles. The van der Waals surface area contributed by atoms with E-state index in [1.807, 2.05) is 6.07 Å². The van der Waals surface area contributed by atoms with Crippen LogP contribution < -0.4 is 5.32 Å². The van der Waals surface area contributed by atoms with E-state index in [1.165, 1.54) is 12.1 Å². The number of nitrogens with one attached hydrogen (secondary N) is 1. The predicted octanol–water partition coefficient (Wildman–Crippen LogP) is 3.93. The second-order valence-electron chi connectivity index (χ2n) is 5.13. The van der Waals surface area contributed by atoms with E-state index in [0.29, 0.717) is 30.9 Å². The number of rotatable bonds is 6. The Morgan fingerprint density at radius 2 is 1.87 bits per heavy atom. The van der Waals surface area contributed by atoms with Gasteiger partial charge in [0, 0.05) is 18.4 Å². The third-order valence-corrected chi connectivity index (χ3v) is 3.43. The van der Waals surface area contributed by atoms with Crippen molar-refractivity contribution >= 4 is 5.91 Å². The Bertz CT molecular complexity index is 760. The maximum atomic E-state index is 12.9. The first kappa shape index (κ1) is 15.1. The Morgan fingerprint density at radius 1 is 1.04 bits per heavy atom. The number of furan rings is 2. The van der Waals surface area contributed by atoms with Crippen molar-refractivity contribution in [3.05, 3.63) is 72.1 Å². The first-order valence-corrected chi connectivity index (χ1v) is 7.34. The Balaban J connectivity index is 1.50. The van der Waals surface area contributed by atoms with E-state index < -0.39 is 0 Å². The van der Waals surface area contributed by atoms with Crippen LogP contribution in [0.2, 0.25) is 0 Å². The average molecular weight is 313 g/mol. The molecule has 1 aromatic carbocycles. The highest BCUT2D eigenvalue weighted by Gasteiger charge is 2.08. The van der Waals surface area contributed by atoms with Crippen LogP contribution in [0.1, 0.15) is 17.9 Å². The predicted molar refractivity (Wildman–Crippen MR) is 83.0 cm³/mol. The largest absolute Gasteiger partial charge is 0.469 e. The maximum absolute atomic E-state index is 12.9. The molecule has 0 bridgehead atoms. The van der Waals surface area contributed by atoms with Crippen LogP contribution in [0.5, 0.6) is 0 Å². The highest BCUT2D eigenvalue weighted by molar-refractivity contribution is 5.76. The van der Waals surface area contributed by atoms with Gasteiger partial charge in [0.15, 0.2) is 0 Å². The van der Waals surface area contributed by atoms with Gasteiger partial charge in [0.25, 0.3) is 0 Å². The van der Waals surface area contributed by atoms with Crippen molar-refractivity contribution in [2.45, 2.75) is 19.4 Å². The molecular formula is C18H16FNO3. The summed E-state index contributed by atoms with van der Waals surface area (Å²) in [6, 6.07) is 13.3. The number of carbonyl (C=O) groups is 1. The van der Waals surface area contributed by atoms with Crippen LogP contribution in [0.4, 0.5) is 4.39 Å². The zero-order valence-corrected chi connectivity index (χ0v) is 12.4. The molecule has 0 aliphatic carbocycles. The molecule has 118 valence electrons. The van der Waals surface area contributed by atoms with E-state index in [2.05, 4.69) is 5.32 Å². The summed E-state index contributed by atoms with van der Waals surface area (Å²) in [6.07, 6.45) is 2.52. The molecule has 0 aliphatic rings. The first-order chi connectivity index (χ1) is 11.2. The number of hydrogen-bond acceptors (Lipinski definition) is 3. The van der Waals surface area contributed by atoms with Gasteiger partial charge in [-0.2, -0.15) is 0 Å². The monoisotopic (exact) mass is 313 g/mol. The van der Waals surface area contributed by atoms with E-state index in [9.17, 15) is 9.18 Å². The molecule has 0 radical (unpaired) electrons. The molecule has 0 spiro atoms. The molecule has 0 aliphatic heterocycles. The van der Waals surface area contributed by atoms with Gasteiger partial charge in [-0.15, -0.1) is 0 Å². The number of benzene rings is 1. The van der Waals surface area contributed by atoms with Crippen LogP contribution in [0.3, 0.4) is 0 Å². The summed E-state index contributed by atoms with van der Waals surface area (Å²) in [5.41, 5.74) is 0.793. The lowest BCUT2D eigenvalue weighted by atomic mass is 10.2. The first-order valence-electron chi connectivity index (χ1n) is 7.34. The molecular weight excluding hydrogens is 297 g/mol. The molecule has 0 saturated carbocycles. The second kappa shape index (κ2) is 6.96. The smallest absolute Gasteiger partial charge is 0.220 e. The minimum Gasteiger partial charge on any atom is -0.469 e. The lowest BCUT2D eigenvalue weighted by Crippen LogP contribution is -2.22. The Kier molecular flexibility index (Phi) is 4.57. The Labute approximate surface area is 132 Å². The van der Waals surface area contributed by atoms with Crippen LogP contribution in [0, 0.1) is 5.82 Å². The van der Waals surface area contributed by atoms with E-state index >= 15 is 0 Å². The van der Waals surface area contributed by atoms with E-state index in [1.54, 1.807) is 36.6 Å². The van der Waals surface area contributed by atoms with Crippen molar-refractivity contribution in [1.82, 2.24) is 5.32 Å².